The third kappa shape index (κ3) is 8.64. The highest BCUT2D eigenvalue weighted by molar-refractivity contribution is 4.98. The molecule has 19 heavy (non-hydrogen) atoms. The molecule has 2 N–H and O–H groups in total. The standard InChI is InChI=1S/C14H25N3O2/c1-12(2)5-4-8-19-11-14(18)10-15-9-13-6-3-7-16-17-13/h3,6-7,12,14-15,18H,4-5,8-11H2,1-2H3. The molecular formula is C14H25N3O2. The van der Waals surface area contributed by atoms with E-state index >= 15 is 0 Å². The first kappa shape index (κ1) is 16.0. The summed E-state index contributed by atoms with van der Waals surface area (Å²) in [5.74, 6) is 0.710. The Balaban J connectivity index is 1.97. The maximum absolute atomic E-state index is 9.71. The van der Waals surface area contributed by atoms with Crippen molar-refractivity contribution in [3.8, 4) is 0 Å². The molecule has 0 aliphatic carbocycles. The van der Waals surface area contributed by atoms with Gasteiger partial charge in [-0.2, -0.15) is 10.2 Å². The third-order valence-corrected chi connectivity index (χ3v) is 2.69. The fraction of sp³-hybridized carbons (Fsp3) is 0.714. The van der Waals surface area contributed by atoms with E-state index in [1.807, 2.05) is 12.1 Å². The van der Waals surface area contributed by atoms with E-state index in [0.29, 0.717) is 25.6 Å². The first-order valence-electron chi connectivity index (χ1n) is 6.91. The Labute approximate surface area is 115 Å². The Morgan fingerprint density at radius 3 is 2.95 bits per heavy atom. The molecule has 5 nitrogen and oxygen atoms in total. The lowest BCUT2D eigenvalue weighted by Crippen LogP contribution is -2.30. The fourth-order valence-electron chi connectivity index (χ4n) is 1.67. The predicted octanol–water partition coefficient (Wildman–Crippen LogP) is 1.38. The van der Waals surface area contributed by atoms with Crippen LogP contribution in [-0.4, -0.2) is 41.2 Å². The molecule has 0 aliphatic rings. The van der Waals surface area contributed by atoms with Crippen LogP contribution in [0.4, 0.5) is 0 Å². The summed E-state index contributed by atoms with van der Waals surface area (Å²) in [4.78, 5) is 0. The molecule has 0 saturated heterocycles. The van der Waals surface area contributed by atoms with Crippen molar-refractivity contribution in [2.24, 2.45) is 5.92 Å². The number of hydrogen-bond donors (Lipinski definition) is 2. The molecule has 1 unspecified atom stereocenters. The number of hydrogen-bond acceptors (Lipinski definition) is 5. The molecule has 0 amide bonds. The smallest absolute Gasteiger partial charge is 0.0897 e. The minimum absolute atomic E-state index is 0.381. The maximum atomic E-state index is 9.71. The predicted molar refractivity (Wildman–Crippen MR) is 74.6 cm³/mol. The number of aliphatic hydroxyl groups excluding tert-OH is 1. The van der Waals surface area contributed by atoms with E-state index in [0.717, 1.165) is 18.7 Å². The van der Waals surface area contributed by atoms with Gasteiger partial charge in [0.1, 0.15) is 0 Å². The van der Waals surface area contributed by atoms with Gasteiger partial charge < -0.3 is 15.2 Å². The molecule has 0 aromatic carbocycles. The van der Waals surface area contributed by atoms with Gasteiger partial charge in [0.15, 0.2) is 0 Å². The average Bonchev–Trinajstić information content (AvgIpc) is 2.39. The molecule has 1 aromatic rings. The normalized spacial score (nSPS) is 12.8. The third-order valence-electron chi connectivity index (χ3n) is 2.69. The first-order valence-corrected chi connectivity index (χ1v) is 6.91. The van der Waals surface area contributed by atoms with Crippen LogP contribution in [0.25, 0.3) is 0 Å². The molecule has 108 valence electrons. The Hall–Kier alpha value is -1.04. The topological polar surface area (TPSA) is 67.3 Å². The van der Waals surface area contributed by atoms with Gasteiger partial charge in [-0.1, -0.05) is 13.8 Å². The highest BCUT2D eigenvalue weighted by atomic mass is 16.5. The molecule has 0 fully saturated rings. The fourth-order valence-corrected chi connectivity index (χ4v) is 1.67. The van der Waals surface area contributed by atoms with Crippen LogP contribution in [0.3, 0.4) is 0 Å². The SMILES string of the molecule is CC(C)CCCOCC(O)CNCc1cccnn1. The van der Waals surface area contributed by atoms with Gasteiger partial charge in [0.05, 0.1) is 18.4 Å². The van der Waals surface area contributed by atoms with E-state index in [2.05, 4.69) is 29.4 Å². The van der Waals surface area contributed by atoms with Gasteiger partial charge in [-0.3, -0.25) is 0 Å². The second kappa shape index (κ2) is 9.83. The summed E-state index contributed by atoms with van der Waals surface area (Å²) >= 11 is 0. The molecule has 1 heterocycles. The minimum atomic E-state index is -0.476. The lowest BCUT2D eigenvalue weighted by molar-refractivity contribution is 0.0346. The number of rotatable bonds is 10. The van der Waals surface area contributed by atoms with E-state index in [9.17, 15) is 5.11 Å². The lowest BCUT2D eigenvalue weighted by Gasteiger charge is -2.12. The second-order valence-electron chi connectivity index (χ2n) is 5.11. The average molecular weight is 267 g/mol. The minimum Gasteiger partial charge on any atom is -0.389 e. The number of aliphatic hydroxyl groups is 1. The maximum Gasteiger partial charge on any atom is 0.0897 e. The van der Waals surface area contributed by atoms with Crippen LogP contribution in [0.2, 0.25) is 0 Å². The van der Waals surface area contributed by atoms with Crippen molar-refractivity contribution in [1.29, 1.82) is 0 Å². The molecule has 1 aromatic heterocycles. The Morgan fingerprint density at radius 2 is 2.26 bits per heavy atom. The van der Waals surface area contributed by atoms with Crippen LogP contribution in [0.1, 0.15) is 32.4 Å². The Morgan fingerprint density at radius 1 is 1.42 bits per heavy atom. The summed E-state index contributed by atoms with van der Waals surface area (Å²) in [7, 11) is 0. The van der Waals surface area contributed by atoms with Crippen LogP contribution in [0.15, 0.2) is 18.3 Å². The zero-order valence-electron chi connectivity index (χ0n) is 11.9. The van der Waals surface area contributed by atoms with E-state index < -0.39 is 6.10 Å². The summed E-state index contributed by atoms with van der Waals surface area (Å²) < 4.78 is 5.43. The van der Waals surface area contributed by atoms with Crippen molar-refractivity contribution in [3.05, 3.63) is 24.0 Å². The van der Waals surface area contributed by atoms with Crippen LogP contribution < -0.4 is 5.32 Å². The number of ether oxygens (including phenoxy) is 1. The van der Waals surface area contributed by atoms with Gasteiger partial charge in [0.2, 0.25) is 0 Å². The number of aromatic nitrogens is 2. The first-order chi connectivity index (χ1) is 9.18. The molecule has 0 bridgehead atoms. The summed E-state index contributed by atoms with van der Waals surface area (Å²) in [5, 5.41) is 20.6. The molecule has 0 spiro atoms. The molecule has 5 heteroatoms. The number of nitrogens with zero attached hydrogens (tertiary/aromatic N) is 2. The highest BCUT2D eigenvalue weighted by Crippen LogP contribution is 2.03. The lowest BCUT2D eigenvalue weighted by atomic mass is 10.1. The van der Waals surface area contributed by atoms with Gasteiger partial charge in [-0.25, -0.2) is 0 Å². The van der Waals surface area contributed by atoms with Gasteiger partial charge in [0, 0.05) is 25.9 Å². The summed E-state index contributed by atoms with van der Waals surface area (Å²) in [6.45, 7) is 6.61. The van der Waals surface area contributed by atoms with Crippen molar-refractivity contribution < 1.29 is 9.84 Å². The van der Waals surface area contributed by atoms with Crippen LogP contribution >= 0.6 is 0 Å². The molecule has 1 atom stereocenters. The van der Waals surface area contributed by atoms with Gasteiger partial charge in [-0.05, 0) is 30.9 Å². The van der Waals surface area contributed by atoms with E-state index in [1.54, 1.807) is 6.20 Å². The molecule has 0 radical (unpaired) electrons. The van der Waals surface area contributed by atoms with E-state index in [-0.39, 0.29) is 0 Å². The molecular weight excluding hydrogens is 242 g/mol. The van der Waals surface area contributed by atoms with Crippen molar-refractivity contribution in [2.75, 3.05) is 19.8 Å². The van der Waals surface area contributed by atoms with E-state index in [4.69, 9.17) is 4.74 Å². The van der Waals surface area contributed by atoms with E-state index in [1.165, 1.54) is 6.42 Å². The van der Waals surface area contributed by atoms with Gasteiger partial charge in [0.25, 0.3) is 0 Å². The summed E-state index contributed by atoms with van der Waals surface area (Å²) in [6.07, 6.45) is 3.39. The molecule has 1 rings (SSSR count). The monoisotopic (exact) mass is 267 g/mol. The largest absolute Gasteiger partial charge is 0.389 e. The van der Waals surface area contributed by atoms with Gasteiger partial charge >= 0.3 is 0 Å². The van der Waals surface area contributed by atoms with Crippen molar-refractivity contribution in [2.45, 2.75) is 39.3 Å². The summed E-state index contributed by atoms with van der Waals surface area (Å²) in [5.41, 5.74) is 0.868. The molecule has 0 aliphatic heterocycles. The van der Waals surface area contributed by atoms with Crippen molar-refractivity contribution in [3.63, 3.8) is 0 Å². The second-order valence-corrected chi connectivity index (χ2v) is 5.11. The van der Waals surface area contributed by atoms with Crippen LogP contribution in [0, 0.1) is 5.92 Å². The quantitative estimate of drug-likeness (QED) is 0.627. The zero-order chi connectivity index (χ0) is 13.9. The molecule has 0 saturated carbocycles. The van der Waals surface area contributed by atoms with Crippen molar-refractivity contribution >= 4 is 0 Å². The van der Waals surface area contributed by atoms with Gasteiger partial charge in [-0.15, -0.1) is 0 Å². The van der Waals surface area contributed by atoms with Crippen molar-refractivity contribution in [1.82, 2.24) is 15.5 Å². The summed E-state index contributed by atoms with van der Waals surface area (Å²) in [6, 6.07) is 3.74. The number of nitrogens with one attached hydrogen (secondary N) is 1. The highest BCUT2D eigenvalue weighted by Gasteiger charge is 2.04. The van der Waals surface area contributed by atoms with Crippen LogP contribution in [0.5, 0.6) is 0 Å². The Kier molecular flexibility index (Phi) is 8.29. The zero-order valence-corrected chi connectivity index (χ0v) is 11.9. The van der Waals surface area contributed by atoms with Crippen LogP contribution in [-0.2, 0) is 11.3 Å². The Bertz CT molecular complexity index is 320.